The number of aliphatic hydroxyl groups is 1. The van der Waals surface area contributed by atoms with Crippen molar-refractivity contribution in [2.24, 2.45) is 17.8 Å². The topological polar surface area (TPSA) is 20.2 Å². The van der Waals surface area contributed by atoms with Crippen LogP contribution in [0.2, 0.25) is 0 Å². The predicted molar refractivity (Wildman–Crippen MR) is 52.0 cm³/mol. The summed E-state index contributed by atoms with van der Waals surface area (Å²) in [5.74, 6) is 2.02. The molecule has 0 heterocycles. The maximum absolute atomic E-state index is 9.25. The van der Waals surface area contributed by atoms with Crippen LogP contribution in [-0.4, -0.2) is 11.7 Å². The third-order valence-electron chi connectivity index (χ3n) is 3.32. The van der Waals surface area contributed by atoms with E-state index in [0.29, 0.717) is 18.4 Å². The molecule has 1 rings (SSSR count). The van der Waals surface area contributed by atoms with Crippen LogP contribution in [0.5, 0.6) is 0 Å². The molecule has 0 aromatic heterocycles. The van der Waals surface area contributed by atoms with Gasteiger partial charge in [-0.1, -0.05) is 46.0 Å². The summed E-state index contributed by atoms with van der Waals surface area (Å²) < 4.78 is 0. The Hall–Kier alpha value is -0.0400. The van der Waals surface area contributed by atoms with Gasteiger partial charge in [0.25, 0.3) is 0 Å². The van der Waals surface area contributed by atoms with Crippen LogP contribution in [-0.2, 0) is 0 Å². The highest BCUT2D eigenvalue weighted by molar-refractivity contribution is 4.75. The lowest BCUT2D eigenvalue weighted by Gasteiger charge is -2.31. The zero-order valence-electron chi connectivity index (χ0n) is 8.42. The van der Waals surface area contributed by atoms with E-state index in [1.54, 1.807) is 0 Å². The molecule has 12 heavy (non-hydrogen) atoms. The van der Waals surface area contributed by atoms with Gasteiger partial charge < -0.3 is 5.11 Å². The largest absolute Gasteiger partial charge is 0.396 e. The highest BCUT2D eigenvalue weighted by Gasteiger charge is 2.24. The summed E-state index contributed by atoms with van der Waals surface area (Å²) in [6.07, 6.45) is 6.88. The maximum atomic E-state index is 9.25. The molecule has 1 N–H and O–H groups in total. The molecule has 72 valence electrons. The standard InChI is InChI=1S/C11H22O/c1-9(2)11(8-12)10-6-4-3-5-7-10/h9-12H,3-8H2,1-2H3/t11-/m1/s1. The van der Waals surface area contributed by atoms with Crippen molar-refractivity contribution in [3.63, 3.8) is 0 Å². The second kappa shape index (κ2) is 4.86. The zero-order chi connectivity index (χ0) is 8.97. The highest BCUT2D eigenvalue weighted by Crippen LogP contribution is 2.33. The predicted octanol–water partition coefficient (Wildman–Crippen LogP) is 2.83. The van der Waals surface area contributed by atoms with Gasteiger partial charge in [-0.3, -0.25) is 0 Å². The molecule has 1 aliphatic carbocycles. The molecule has 0 aliphatic heterocycles. The lowest BCUT2D eigenvalue weighted by molar-refractivity contribution is 0.111. The fraction of sp³-hybridized carbons (Fsp3) is 1.00. The second-order valence-corrected chi connectivity index (χ2v) is 4.49. The third-order valence-corrected chi connectivity index (χ3v) is 3.32. The van der Waals surface area contributed by atoms with Gasteiger partial charge in [-0.25, -0.2) is 0 Å². The normalized spacial score (nSPS) is 23.0. The molecule has 0 bridgehead atoms. The molecule has 1 heteroatoms. The average Bonchev–Trinajstić information content (AvgIpc) is 2.07. The van der Waals surface area contributed by atoms with Gasteiger partial charge in [-0.15, -0.1) is 0 Å². The van der Waals surface area contributed by atoms with Crippen molar-refractivity contribution in [2.75, 3.05) is 6.61 Å². The van der Waals surface area contributed by atoms with Crippen LogP contribution in [0.3, 0.4) is 0 Å². The number of rotatable bonds is 3. The molecule has 0 aromatic rings. The van der Waals surface area contributed by atoms with Crippen LogP contribution in [0.4, 0.5) is 0 Å². The van der Waals surface area contributed by atoms with Crippen LogP contribution in [0.15, 0.2) is 0 Å². The van der Waals surface area contributed by atoms with Crippen molar-refractivity contribution in [3.8, 4) is 0 Å². The molecule has 1 aliphatic rings. The van der Waals surface area contributed by atoms with E-state index in [1.807, 2.05) is 0 Å². The molecule has 0 saturated heterocycles. The fourth-order valence-electron chi connectivity index (χ4n) is 2.47. The first-order chi connectivity index (χ1) is 5.75. The van der Waals surface area contributed by atoms with Gasteiger partial charge in [0.05, 0.1) is 0 Å². The first kappa shape index (κ1) is 10.0. The summed E-state index contributed by atoms with van der Waals surface area (Å²) in [5.41, 5.74) is 0. The van der Waals surface area contributed by atoms with E-state index in [-0.39, 0.29) is 0 Å². The summed E-state index contributed by atoms with van der Waals surface area (Å²) >= 11 is 0. The first-order valence-corrected chi connectivity index (χ1v) is 5.36. The van der Waals surface area contributed by atoms with Crippen molar-refractivity contribution in [2.45, 2.75) is 46.0 Å². The molecule has 0 aromatic carbocycles. The summed E-state index contributed by atoms with van der Waals surface area (Å²) in [6.45, 7) is 4.85. The monoisotopic (exact) mass is 170 g/mol. The van der Waals surface area contributed by atoms with Gasteiger partial charge in [0.2, 0.25) is 0 Å². The van der Waals surface area contributed by atoms with Crippen molar-refractivity contribution in [1.29, 1.82) is 0 Å². The minimum absolute atomic E-state index is 0.391. The fourth-order valence-corrected chi connectivity index (χ4v) is 2.47. The van der Waals surface area contributed by atoms with Crippen molar-refractivity contribution in [3.05, 3.63) is 0 Å². The van der Waals surface area contributed by atoms with E-state index in [4.69, 9.17) is 0 Å². The Morgan fingerprint density at radius 3 is 2.17 bits per heavy atom. The van der Waals surface area contributed by atoms with Gasteiger partial charge in [0.1, 0.15) is 0 Å². The lowest BCUT2D eigenvalue weighted by Crippen LogP contribution is -2.25. The molecule has 0 unspecified atom stereocenters. The van der Waals surface area contributed by atoms with Crippen molar-refractivity contribution >= 4 is 0 Å². The van der Waals surface area contributed by atoms with E-state index >= 15 is 0 Å². The molecular formula is C11H22O. The minimum atomic E-state index is 0.391. The van der Waals surface area contributed by atoms with Crippen LogP contribution >= 0.6 is 0 Å². The van der Waals surface area contributed by atoms with E-state index in [2.05, 4.69) is 13.8 Å². The van der Waals surface area contributed by atoms with E-state index < -0.39 is 0 Å². The number of hydrogen-bond acceptors (Lipinski definition) is 1. The Morgan fingerprint density at radius 1 is 1.17 bits per heavy atom. The highest BCUT2D eigenvalue weighted by atomic mass is 16.3. The van der Waals surface area contributed by atoms with E-state index in [0.717, 1.165) is 5.92 Å². The Kier molecular flexibility index (Phi) is 4.07. The van der Waals surface area contributed by atoms with Gasteiger partial charge >= 0.3 is 0 Å². The molecule has 1 nitrogen and oxygen atoms in total. The SMILES string of the molecule is CC(C)[C@@H](CO)C1CCCCC1. The lowest BCUT2D eigenvalue weighted by atomic mass is 9.75. The van der Waals surface area contributed by atoms with E-state index in [9.17, 15) is 5.11 Å². The smallest absolute Gasteiger partial charge is 0.0464 e. The van der Waals surface area contributed by atoms with Crippen molar-refractivity contribution < 1.29 is 5.11 Å². The van der Waals surface area contributed by atoms with Gasteiger partial charge in [-0.2, -0.15) is 0 Å². The van der Waals surface area contributed by atoms with E-state index in [1.165, 1.54) is 32.1 Å². The quantitative estimate of drug-likeness (QED) is 0.690. The Bertz CT molecular complexity index is 114. The second-order valence-electron chi connectivity index (χ2n) is 4.49. The van der Waals surface area contributed by atoms with Gasteiger partial charge in [0.15, 0.2) is 0 Å². The molecule has 0 amide bonds. The van der Waals surface area contributed by atoms with Gasteiger partial charge in [0, 0.05) is 6.61 Å². The summed E-state index contributed by atoms with van der Waals surface area (Å²) in [5, 5.41) is 9.25. The Balaban J connectivity index is 2.40. The van der Waals surface area contributed by atoms with Crippen LogP contribution in [0.25, 0.3) is 0 Å². The molecule has 0 radical (unpaired) electrons. The number of aliphatic hydroxyl groups excluding tert-OH is 1. The maximum Gasteiger partial charge on any atom is 0.0464 e. The zero-order valence-corrected chi connectivity index (χ0v) is 8.42. The molecule has 1 fully saturated rings. The number of hydrogen-bond donors (Lipinski definition) is 1. The molecule has 1 saturated carbocycles. The third kappa shape index (κ3) is 2.48. The van der Waals surface area contributed by atoms with Crippen LogP contribution in [0, 0.1) is 17.8 Å². The minimum Gasteiger partial charge on any atom is -0.396 e. The Morgan fingerprint density at radius 2 is 1.75 bits per heavy atom. The molecular weight excluding hydrogens is 148 g/mol. The molecule has 1 atom stereocenters. The first-order valence-electron chi connectivity index (χ1n) is 5.36. The molecule has 0 spiro atoms. The van der Waals surface area contributed by atoms with Crippen molar-refractivity contribution in [1.82, 2.24) is 0 Å². The summed E-state index contributed by atoms with van der Waals surface area (Å²) in [4.78, 5) is 0. The van der Waals surface area contributed by atoms with Crippen LogP contribution in [0.1, 0.15) is 46.0 Å². The summed E-state index contributed by atoms with van der Waals surface area (Å²) in [7, 11) is 0. The van der Waals surface area contributed by atoms with Gasteiger partial charge in [-0.05, 0) is 17.8 Å². The van der Waals surface area contributed by atoms with Crippen LogP contribution < -0.4 is 0 Å². The summed E-state index contributed by atoms with van der Waals surface area (Å²) in [6, 6.07) is 0. The average molecular weight is 170 g/mol. The Labute approximate surface area is 76.2 Å².